The zero-order chi connectivity index (χ0) is 19.0. The van der Waals surface area contributed by atoms with Crippen molar-refractivity contribution in [1.29, 1.82) is 0 Å². The third kappa shape index (κ3) is 3.39. The van der Waals surface area contributed by atoms with E-state index in [0.717, 1.165) is 22.4 Å². The first-order valence-corrected chi connectivity index (χ1v) is 9.25. The predicted octanol–water partition coefficient (Wildman–Crippen LogP) is 2.39. The minimum atomic E-state index is -0.569. The van der Waals surface area contributed by atoms with Gasteiger partial charge < -0.3 is 5.32 Å². The highest BCUT2D eigenvalue weighted by Crippen LogP contribution is 2.26. The first-order chi connectivity index (χ1) is 13.0. The van der Waals surface area contributed by atoms with Gasteiger partial charge in [-0.25, -0.2) is 4.98 Å². The van der Waals surface area contributed by atoms with E-state index in [2.05, 4.69) is 24.1 Å². The van der Waals surface area contributed by atoms with Crippen LogP contribution in [0.2, 0.25) is 0 Å². The number of amides is 1. The Hall–Kier alpha value is -3.25. The summed E-state index contributed by atoms with van der Waals surface area (Å²) >= 11 is 2.29. The van der Waals surface area contributed by atoms with Crippen LogP contribution in [0.1, 0.15) is 16.1 Å². The van der Waals surface area contributed by atoms with Crippen LogP contribution in [0.3, 0.4) is 0 Å². The molecule has 0 radical (unpaired) electrons. The molecule has 0 saturated heterocycles. The Kier molecular flexibility index (Phi) is 4.33. The zero-order valence-corrected chi connectivity index (χ0v) is 15.5. The molecule has 3 heterocycles. The van der Waals surface area contributed by atoms with Crippen molar-refractivity contribution in [3.63, 3.8) is 0 Å². The van der Waals surface area contributed by atoms with E-state index in [1.54, 1.807) is 4.68 Å². The van der Waals surface area contributed by atoms with Crippen molar-refractivity contribution in [1.82, 2.24) is 28.8 Å². The van der Waals surface area contributed by atoms with Gasteiger partial charge in [-0.3, -0.25) is 19.6 Å². The number of nitrogens with zero attached hydrogens (tertiary/aromatic N) is 6. The number of thiazole rings is 1. The van der Waals surface area contributed by atoms with Crippen LogP contribution < -0.4 is 5.32 Å². The van der Waals surface area contributed by atoms with Gasteiger partial charge in [0, 0.05) is 30.3 Å². The van der Waals surface area contributed by atoms with Gasteiger partial charge in [0.2, 0.25) is 0 Å². The summed E-state index contributed by atoms with van der Waals surface area (Å²) in [5, 5.41) is 20.8. The monoisotopic (exact) mass is 401 g/mol. The average Bonchev–Trinajstić information content (AvgIpc) is 3.38. The van der Waals surface area contributed by atoms with E-state index in [1.165, 1.54) is 23.5 Å². The number of rotatable bonds is 5. The van der Waals surface area contributed by atoms with Crippen LogP contribution >= 0.6 is 23.1 Å². The second-order valence-corrected chi connectivity index (χ2v) is 6.97. The van der Waals surface area contributed by atoms with Crippen molar-refractivity contribution >= 4 is 45.7 Å². The molecule has 0 spiro atoms. The number of hydrogen-bond donors (Lipinski definition) is 1. The van der Waals surface area contributed by atoms with Gasteiger partial charge in [0.15, 0.2) is 5.52 Å². The fourth-order valence-corrected chi connectivity index (χ4v) is 3.77. The standard InChI is InChI=1S/C15H11N7O3S2/c1-21-3-2-10(18-21)15-17-9(7-26-15)6-16-14(23)8-4-11-13(20-27-19-11)12(5-8)22(24)25/h2-5,7H,6H2,1H3,(H,16,23). The Morgan fingerprint density at radius 3 is 2.96 bits per heavy atom. The minimum Gasteiger partial charge on any atom is -0.346 e. The van der Waals surface area contributed by atoms with Gasteiger partial charge in [-0.15, -0.1) is 11.3 Å². The van der Waals surface area contributed by atoms with Gasteiger partial charge in [-0.05, 0) is 12.1 Å². The molecule has 0 atom stereocenters. The second-order valence-electron chi connectivity index (χ2n) is 5.59. The van der Waals surface area contributed by atoms with E-state index < -0.39 is 10.8 Å². The highest BCUT2D eigenvalue weighted by molar-refractivity contribution is 7.13. The van der Waals surface area contributed by atoms with Crippen LogP contribution in [0.15, 0.2) is 29.8 Å². The molecule has 0 unspecified atom stereocenters. The van der Waals surface area contributed by atoms with E-state index >= 15 is 0 Å². The molecular weight excluding hydrogens is 390 g/mol. The maximum absolute atomic E-state index is 12.4. The number of fused-ring (bicyclic) bond motifs is 1. The van der Waals surface area contributed by atoms with Crippen molar-refractivity contribution in [3.8, 4) is 10.7 Å². The van der Waals surface area contributed by atoms with E-state index in [1.807, 2.05) is 24.7 Å². The number of nitro benzene ring substituents is 1. The lowest BCUT2D eigenvalue weighted by atomic mass is 10.1. The molecule has 27 heavy (non-hydrogen) atoms. The quantitative estimate of drug-likeness (QED) is 0.401. The molecule has 1 N–H and O–H groups in total. The van der Waals surface area contributed by atoms with Crippen LogP contribution in [0, 0.1) is 10.1 Å². The summed E-state index contributed by atoms with van der Waals surface area (Å²) in [4.78, 5) is 27.5. The topological polar surface area (TPSA) is 129 Å². The molecule has 4 rings (SSSR count). The van der Waals surface area contributed by atoms with E-state index in [-0.39, 0.29) is 23.3 Å². The molecule has 0 saturated carbocycles. The predicted molar refractivity (Wildman–Crippen MR) is 99.6 cm³/mol. The number of aromatic nitrogens is 5. The van der Waals surface area contributed by atoms with Crippen LogP contribution in [-0.4, -0.2) is 34.3 Å². The fourth-order valence-electron chi connectivity index (χ4n) is 2.45. The molecule has 0 fully saturated rings. The molecule has 136 valence electrons. The van der Waals surface area contributed by atoms with E-state index in [0.29, 0.717) is 11.2 Å². The molecule has 0 bridgehead atoms. The zero-order valence-electron chi connectivity index (χ0n) is 13.8. The molecule has 0 aliphatic rings. The molecular formula is C15H11N7O3S2. The molecule has 0 aliphatic heterocycles. The summed E-state index contributed by atoms with van der Waals surface area (Å²) in [6.45, 7) is 0.198. The maximum Gasteiger partial charge on any atom is 0.299 e. The van der Waals surface area contributed by atoms with Gasteiger partial charge in [0.1, 0.15) is 16.2 Å². The number of benzene rings is 1. The summed E-state index contributed by atoms with van der Waals surface area (Å²) in [5.41, 5.74) is 1.86. The summed E-state index contributed by atoms with van der Waals surface area (Å²) in [5.74, 6) is -0.444. The van der Waals surface area contributed by atoms with Crippen molar-refractivity contribution in [2.24, 2.45) is 7.05 Å². The number of carbonyl (C=O) groups is 1. The van der Waals surface area contributed by atoms with E-state index in [4.69, 9.17) is 0 Å². The Labute approximate surface area is 160 Å². The third-order valence-corrected chi connectivity index (χ3v) is 5.17. The van der Waals surface area contributed by atoms with E-state index in [9.17, 15) is 14.9 Å². The largest absolute Gasteiger partial charge is 0.346 e. The number of hydrogen-bond acceptors (Lipinski definition) is 9. The highest BCUT2D eigenvalue weighted by Gasteiger charge is 2.20. The second kappa shape index (κ2) is 6.81. The van der Waals surface area contributed by atoms with Gasteiger partial charge in [-0.2, -0.15) is 13.8 Å². The Morgan fingerprint density at radius 1 is 1.37 bits per heavy atom. The van der Waals surface area contributed by atoms with Crippen LogP contribution in [0.25, 0.3) is 21.7 Å². The van der Waals surface area contributed by atoms with Gasteiger partial charge >= 0.3 is 0 Å². The molecule has 1 aromatic carbocycles. The lowest BCUT2D eigenvalue weighted by Gasteiger charge is -2.03. The first-order valence-electron chi connectivity index (χ1n) is 7.64. The number of nitro groups is 1. The van der Waals surface area contributed by atoms with Crippen molar-refractivity contribution in [3.05, 3.63) is 51.1 Å². The van der Waals surface area contributed by atoms with Crippen LogP contribution in [0.5, 0.6) is 0 Å². The first kappa shape index (κ1) is 17.2. The summed E-state index contributed by atoms with van der Waals surface area (Å²) in [6.07, 6.45) is 1.83. The molecule has 4 aromatic rings. The van der Waals surface area contributed by atoms with Crippen molar-refractivity contribution in [2.45, 2.75) is 6.54 Å². The molecule has 3 aromatic heterocycles. The molecule has 1 amide bonds. The molecule has 10 nitrogen and oxygen atoms in total. The lowest BCUT2D eigenvalue weighted by Crippen LogP contribution is -2.23. The average molecular weight is 401 g/mol. The highest BCUT2D eigenvalue weighted by atomic mass is 32.1. The summed E-state index contributed by atoms with van der Waals surface area (Å²) in [7, 11) is 1.83. The minimum absolute atomic E-state index is 0.155. The van der Waals surface area contributed by atoms with Crippen molar-refractivity contribution in [2.75, 3.05) is 0 Å². The normalized spacial score (nSPS) is 11.0. The SMILES string of the molecule is Cn1ccc(-c2nc(CNC(=O)c3cc([N+](=O)[O-])c4nsnc4c3)cs2)n1. The molecule has 12 heteroatoms. The van der Waals surface area contributed by atoms with Gasteiger partial charge in [-0.1, -0.05) is 0 Å². The third-order valence-electron chi connectivity index (χ3n) is 3.71. The fraction of sp³-hybridized carbons (Fsp3) is 0.133. The Bertz CT molecular complexity index is 1160. The summed E-state index contributed by atoms with van der Waals surface area (Å²) < 4.78 is 9.59. The number of carbonyl (C=O) groups excluding carboxylic acids is 1. The van der Waals surface area contributed by atoms with Crippen LogP contribution in [-0.2, 0) is 13.6 Å². The van der Waals surface area contributed by atoms with Crippen molar-refractivity contribution < 1.29 is 9.72 Å². The van der Waals surface area contributed by atoms with Crippen LogP contribution in [0.4, 0.5) is 5.69 Å². The Morgan fingerprint density at radius 2 is 2.22 bits per heavy atom. The molecule has 0 aliphatic carbocycles. The lowest BCUT2D eigenvalue weighted by molar-refractivity contribution is -0.383. The number of aryl methyl sites for hydroxylation is 1. The van der Waals surface area contributed by atoms with Gasteiger partial charge in [0.25, 0.3) is 11.6 Å². The summed E-state index contributed by atoms with van der Waals surface area (Å²) in [6, 6.07) is 4.55. The van der Waals surface area contributed by atoms with Gasteiger partial charge in [0.05, 0.1) is 28.9 Å². The Balaban J connectivity index is 1.51. The number of nitrogens with one attached hydrogen (secondary N) is 1. The smallest absolute Gasteiger partial charge is 0.299 e. The maximum atomic E-state index is 12.4. The number of non-ortho nitro benzene ring substituents is 1.